The minimum Gasteiger partial charge on any atom is -0.493 e. The van der Waals surface area contributed by atoms with Gasteiger partial charge < -0.3 is 9.47 Å². The largest absolute Gasteiger partial charge is 0.493 e. The number of rotatable bonds is 6. The number of aryl methyl sites for hydroxylation is 1. The highest BCUT2D eigenvalue weighted by atomic mass is 79.9. The molecule has 0 saturated carbocycles. The van der Waals surface area contributed by atoms with Crippen LogP contribution < -0.4 is 9.47 Å². The summed E-state index contributed by atoms with van der Waals surface area (Å²) in [6.07, 6.45) is 1.83. The van der Waals surface area contributed by atoms with E-state index in [4.69, 9.17) is 21.7 Å². The Balaban J connectivity index is 1.85. The molecular weight excluding hydrogens is 458 g/mol. The van der Waals surface area contributed by atoms with Crippen molar-refractivity contribution < 1.29 is 14.3 Å². The average molecular weight is 478 g/mol. The lowest BCUT2D eigenvalue weighted by Gasteiger charge is -2.13. The van der Waals surface area contributed by atoms with Crippen LogP contribution in [-0.2, 0) is 11.4 Å². The number of hydrogen-bond donors (Lipinski definition) is 0. The van der Waals surface area contributed by atoms with E-state index in [0.29, 0.717) is 33.9 Å². The first-order valence-electron chi connectivity index (χ1n) is 8.74. The maximum atomic E-state index is 12.4. The number of nitrogens with zero attached hydrogens (tertiary/aromatic N) is 1. The first-order valence-corrected chi connectivity index (χ1v) is 10.8. The number of halogens is 1. The fourth-order valence-corrected chi connectivity index (χ4v) is 4.62. The molecule has 28 heavy (non-hydrogen) atoms. The van der Waals surface area contributed by atoms with E-state index < -0.39 is 0 Å². The molecule has 0 atom stereocenters. The zero-order valence-corrected chi connectivity index (χ0v) is 19.0. The Morgan fingerprint density at radius 3 is 2.68 bits per heavy atom. The Kier molecular flexibility index (Phi) is 6.80. The third-order valence-corrected chi connectivity index (χ3v) is 6.30. The van der Waals surface area contributed by atoms with E-state index in [9.17, 15) is 4.79 Å². The Hall–Kier alpha value is -1.83. The molecule has 3 rings (SSSR count). The van der Waals surface area contributed by atoms with E-state index in [1.165, 1.54) is 17.3 Å². The molecule has 4 nitrogen and oxygen atoms in total. The minimum absolute atomic E-state index is 0.0665. The summed E-state index contributed by atoms with van der Waals surface area (Å²) in [5, 5.41) is 0. The van der Waals surface area contributed by atoms with Crippen molar-refractivity contribution in [2.45, 2.75) is 20.5 Å². The molecular formula is C21H20BrNO3S2. The van der Waals surface area contributed by atoms with Crippen LogP contribution in [0.4, 0.5) is 0 Å². The molecule has 2 aromatic carbocycles. The first-order chi connectivity index (χ1) is 13.4. The quantitative estimate of drug-likeness (QED) is 0.401. The Morgan fingerprint density at radius 2 is 2.04 bits per heavy atom. The van der Waals surface area contributed by atoms with E-state index in [-0.39, 0.29) is 5.91 Å². The van der Waals surface area contributed by atoms with Gasteiger partial charge in [0.25, 0.3) is 5.91 Å². The summed E-state index contributed by atoms with van der Waals surface area (Å²) in [5.74, 6) is 1.17. The summed E-state index contributed by atoms with van der Waals surface area (Å²) in [6, 6.07) is 11.9. The van der Waals surface area contributed by atoms with Crippen LogP contribution in [0.3, 0.4) is 0 Å². The zero-order valence-electron chi connectivity index (χ0n) is 15.8. The lowest BCUT2D eigenvalue weighted by molar-refractivity contribution is -0.121. The number of thiocarbonyl (C=S) groups is 1. The number of hydrogen-bond acceptors (Lipinski definition) is 5. The normalized spacial score (nSPS) is 15.4. The number of methoxy groups -OCH3 is 1. The number of amides is 1. The molecule has 1 saturated heterocycles. The van der Waals surface area contributed by atoms with Crippen molar-refractivity contribution in [1.82, 2.24) is 4.90 Å². The molecule has 1 fully saturated rings. The molecule has 146 valence electrons. The molecule has 0 radical (unpaired) electrons. The molecule has 0 N–H and O–H groups in total. The van der Waals surface area contributed by atoms with Crippen LogP contribution in [0.2, 0.25) is 0 Å². The SMILES string of the molecule is CCN1C(=O)/C(=C/c2cc(OC)c(OCc3cccc(C)c3)cc2Br)SC1=S. The highest BCUT2D eigenvalue weighted by Crippen LogP contribution is 2.38. The fourth-order valence-electron chi connectivity index (χ4n) is 2.81. The number of carbonyl (C=O) groups excluding carboxylic acids is 1. The highest BCUT2D eigenvalue weighted by Gasteiger charge is 2.30. The lowest BCUT2D eigenvalue weighted by Crippen LogP contribution is -2.27. The van der Waals surface area contributed by atoms with Crippen molar-refractivity contribution in [3.05, 3.63) is 62.5 Å². The molecule has 0 bridgehead atoms. The Bertz CT molecular complexity index is 959. The number of ether oxygens (including phenoxy) is 2. The van der Waals surface area contributed by atoms with E-state index in [0.717, 1.165) is 15.6 Å². The summed E-state index contributed by atoms with van der Waals surface area (Å²) in [7, 11) is 1.60. The van der Waals surface area contributed by atoms with E-state index in [1.807, 2.05) is 37.3 Å². The third kappa shape index (κ3) is 4.59. The molecule has 1 heterocycles. The third-order valence-electron chi connectivity index (χ3n) is 4.24. The monoisotopic (exact) mass is 477 g/mol. The van der Waals surface area contributed by atoms with Gasteiger partial charge >= 0.3 is 0 Å². The maximum Gasteiger partial charge on any atom is 0.266 e. The second kappa shape index (κ2) is 9.11. The first kappa shape index (κ1) is 20.9. The lowest BCUT2D eigenvalue weighted by atomic mass is 10.1. The molecule has 0 aromatic heterocycles. The van der Waals surface area contributed by atoms with Gasteiger partial charge in [-0.15, -0.1) is 0 Å². The van der Waals surface area contributed by atoms with Crippen LogP contribution >= 0.6 is 39.9 Å². The van der Waals surface area contributed by atoms with Gasteiger partial charge in [0.2, 0.25) is 0 Å². The number of thioether (sulfide) groups is 1. The van der Waals surface area contributed by atoms with Gasteiger partial charge in [-0.05, 0) is 43.2 Å². The van der Waals surface area contributed by atoms with E-state index in [2.05, 4.69) is 35.0 Å². The zero-order chi connectivity index (χ0) is 20.3. The van der Waals surface area contributed by atoms with Crippen molar-refractivity contribution in [2.75, 3.05) is 13.7 Å². The van der Waals surface area contributed by atoms with Gasteiger partial charge in [0.1, 0.15) is 10.9 Å². The number of likely N-dealkylation sites (N-methyl/N-ethyl adjacent to an activating group) is 1. The average Bonchev–Trinajstić information content (AvgIpc) is 2.94. The highest BCUT2D eigenvalue weighted by molar-refractivity contribution is 9.10. The standard InChI is InChI=1S/C21H20BrNO3S2/c1-4-23-20(24)19(28-21(23)27)10-15-9-17(25-3)18(11-16(15)22)26-12-14-7-5-6-13(2)8-14/h5-11H,4,12H2,1-3H3/b19-10-. The minimum atomic E-state index is -0.0665. The fraction of sp³-hybridized carbons (Fsp3) is 0.238. The molecule has 0 aliphatic carbocycles. The van der Waals surface area contributed by atoms with Crippen molar-refractivity contribution in [2.24, 2.45) is 0 Å². The maximum absolute atomic E-state index is 12.4. The second-order valence-electron chi connectivity index (χ2n) is 6.23. The van der Waals surface area contributed by atoms with Crippen LogP contribution in [0.5, 0.6) is 11.5 Å². The van der Waals surface area contributed by atoms with Crippen molar-refractivity contribution in [3.63, 3.8) is 0 Å². The predicted molar refractivity (Wildman–Crippen MR) is 122 cm³/mol. The van der Waals surface area contributed by atoms with Gasteiger partial charge in [-0.25, -0.2) is 0 Å². The molecule has 7 heteroatoms. The van der Waals surface area contributed by atoms with Crippen LogP contribution in [0.25, 0.3) is 6.08 Å². The van der Waals surface area contributed by atoms with Gasteiger partial charge in [-0.3, -0.25) is 9.69 Å². The van der Waals surface area contributed by atoms with Gasteiger partial charge in [0.05, 0.1) is 12.0 Å². The molecule has 1 aliphatic rings. The van der Waals surface area contributed by atoms with Crippen molar-refractivity contribution in [1.29, 1.82) is 0 Å². The predicted octanol–water partition coefficient (Wildman–Crippen LogP) is 5.57. The summed E-state index contributed by atoms with van der Waals surface area (Å²) in [4.78, 5) is 14.6. The topological polar surface area (TPSA) is 38.8 Å². The second-order valence-corrected chi connectivity index (χ2v) is 8.76. The summed E-state index contributed by atoms with van der Waals surface area (Å²) < 4.78 is 12.9. The molecule has 0 unspecified atom stereocenters. The Labute approximate surface area is 183 Å². The molecule has 1 aliphatic heterocycles. The molecule has 2 aromatic rings. The van der Waals surface area contributed by atoms with Crippen LogP contribution in [0.1, 0.15) is 23.6 Å². The van der Waals surface area contributed by atoms with Crippen LogP contribution in [-0.4, -0.2) is 28.8 Å². The van der Waals surface area contributed by atoms with Gasteiger partial charge in [0.15, 0.2) is 11.5 Å². The van der Waals surface area contributed by atoms with E-state index >= 15 is 0 Å². The van der Waals surface area contributed by atoms with Gasteiger partial charge in [0, 0.05) is 11.0 Å². The summed E-state index contributed by atoms with van der Waals surface area (Å²) in [6.45, 7) is 4.97. The number of carbonyl (C=O) groups is 1. The smallest absolute Gasteiger partial charge is 0.266 e. The van der Waals surface area contributed by atoms with Crippen molar-refractivity contribution >= 4 is 56.2 Å². The van der Waals surface area contributed by atoms with Crippen LogP contribution in [0.15, 0.2) is 45.8 Å². The van der Waals surface area contributed by atoms with Gasteiger partial charge in [-0.1, -0.05) is 69.7 Å². The van der Waals surface area contributed by atoms with Crippen molar-refractivity contribution in [3.8, 4) is 11.5 Å². The summed E-state index contributed by atoms with van der Waals surface area (Å²) >= 11 is 10.2. The Morgan fingerprint density at radius 1 is 1.25 bits per heavy atom. The summed E-state index contributed by atoms with van der Waals surface area (Å²) in [5.41, 5.74) is 3.11. The van der Waals surface area contributed by atoms with Crippen LogP contribution in [0, 0.1) is 6.92 Å². The molecule has 0 spiro atoms. The number of benzene rings is 2. The molecule has 1 amide bonds. The van der Waals surface area contributed by atoms with E-state index in [1.54, 1.807) is 12.0 Å². The van der Waals surface area contributed by atoms with Gasteiger partial charge in [-0.2, -0.15) is 0 Å².